The van der Waals surface area contributed by atoms with Crippen molar-refractivity contribution >= 4 is 17.4 Å². The van der Waals surface area contributed by atoms with Crippen LogP contribution in [0.1, 0.15) is 21.7 Å². The lowest BCUT2D eigenvalue weighted by molar-refractivity contribution is -0.385. The molecule has 0 saturated carbocycles. The number of hydrogen-bond acceptors (Lipinski definition) is 7. The number of anilines is 1. The van der Waals surface area contributed by atoms with Gasteiger partial charge in [0.15, 0.2) is 5.82 Å². The van der Waals surface area contributed by atoms with Gasteiger partial charge in [0.2, 0.25) is 0 Å². The second kappa shape index (κ2) is 7.90. The highest BCUT2D eigenvalue weighted by Crippen LogP contribution is 2.22. The zero-order valence-electron chi connectivity index (χ0n) is 16.7. The molecule has 30 heavy (non-hydrogen) atoms. The van der Waals surface area contributed by atoms with Crippen LogP contribution in [0.3, 0.4) is 0 Å². The second-order valence-corrected chi connectivity index (χ2v) is 7.13. The topological polar surface area (TPSA) is 110 Å². The minimum absolute atomic E-state index is 0.116. The lowest BCUT2D eigenvalue weighted by Crippen LogP contribution is -2.49. The van der Waals surface area contributed by atoms with Crippen LogP contribution in [0.5, 0.6) is 0 Å². The molecule has 1 aromatic carbocycles. The number of benzene rings is 1. The Morgan fingerprint density at radius 2 is 1.73 bits per heavy atom. The quantitative estimate of drug-likeness (QED) is 0.481. The number of nitro groups is 1. The number of aromatic nitrogens is 4. The van der Waals surface area contributed by atoms with Crippen LogP contribution in [0.4, 0.5) is 11.5 Å². The fourth-order valence-corrected chi connectivity index (χ4v) is 3.61. The first-order chi connectivity index (χ1) is 14.4. The standard InChI is InChI=1S/C20H21N7O3/c1-14-11-15(2)26(23-14)19-12-18(21-13-22-19)24-7-9-25(10-8-24)20(28)16-5-3-4-6-17(16)27(29)30/h3-6,11-13H,7-10H2,1-2H3. The van der Waals surface area contributed by atoms with Crippen LogP contribution >= 0.6 is 0 Å². The van der Waals surface area contributed by atoms with Gasteiger partial charge in [0.25, 0.3) is 11.6 Å². The van der Waals surface area contributed by atoms with E-state index in [1.54, 1.807) is 21.7 Å². The van der Waals surface area contributed by atoms with E-state index in [0.717, 1.165) is 17.2 Å². The van der Waals surface area contributed by atoms with Crippen molar-refractivity contribution in [3.63, 3.8) is 0 Å². The number of rotatable bonds is 4. The normalized spacial score (nSPS) is 14.1. The van der Waals surface area contributed by atoms with E-state index < -0.39 is 4.92 Å². The minimum atomic E-state index is -0.523. The number of nitrogens with zero attached hydrogens (tertiary/aromatic N) is 7. The predicted molar refractivity (Wildman–Crippen MR) is 110 cm³/mol. The van der Waals surface area contributed by atoms with Crippen molar-refractivity contribution in [2.75, 3.05) is 31.1 Å². The van der Waals surface area contributed by atoms with Gasteiger partial charge >= 0.3 is 0 Å². The van der Waals surface area contributed by atoms with Gasteiger partial charge in [-0.05, 0) is 26.0 Å². The van der Waals surface area contributed by atoms with Crippen LogP contribution in [0.15, 0.2) is 42.7 Å². The second-order valence-electron chi connectivity index (χ2n) is 7.13. The van der Waals surface area contributed by atoms with Crippen molar-refractivity contribution in [1.29, 1.82) is 0 Å². The van der Waals surface area contributed by atoms with Crippen LogP contribution < -0.4 is 4.90 Å². The summed E-state index contributed by atoms with van der Waals surface area (Å²) in [6.07, 6.45) is 1.51. The molecule has 1 saturated heterocycles. The number of carbonyl (C=O) groups is 1. The lowest BCUT2D eigenvalue weighted by Gasteiger charge is -2.35. The maximum absolute atomic E-state index is 12.8. The number of hydrogen-bond donors (Lipinski definition) is 0. The fraction of sp³-hybridized carbons (Fsp3) is 0.300. The summed E-state index contributed by atoms with van der Waals surface area (Å²) >= 11 is 0. The molecule has 1 aliphatic rings. The third-order valence-electron chi connectivity index (χ3n) is 5.09. The van der Waals surface area contributed by atoms with Crippen molar-refractivity contribution in [3.8, 4) is 5.82 Å². The number of nitro benzene ring substituents is 1. The van der Waals surface area contributed by atoms with E-state index in [-0.39, 0.29) is 17.2 Å². The van der Waals surface area contributed by atoms with Crippen molar-refractivity contribution in [3.05, 3.63) is 69.8 Å². The van der Waals surface area contributed by atoms with Crippen molar-refractivity contribution in [2.45, 2.75) is 13.8 Å². The van der Waals surface area contributed by atoms with Gasteiger partial charge in [-0.2, -0.15) is 5.10 Å². The van der Waals surface area contributed by atoms with E-state index in [4.69, 9.17) is 0 Å². The van der Waals surface area contributed by atoms with E-state index in [0.29, 0.717) is 32.0 Å². The van der Waals surface area contributed by atoms with E-state index >= 15 is 0 Å². The van der Waals surface area contributed by atoms with E-state index in [1.165, 1.54) is 18.5 Å². The molecule has 10 heteroatoms. The minimum Gasteiger partial charge on any atom is -0.353 e. The largest absolute Gasteiger partial charge is 0.353 e. The van der Waals surface area contributed by atoms with E-state index in [2.05, 4.69) is 20.0 Å². The smallest absolute Gasteiger partial charge is 0.282 e. The first kappa shape index (κ1) is 19.5. The molecule has 0 unspecified atom stereocenters. The number of para-hydroxylation sites is 1. The van der Waals surface area contributed by atoms with Gasteiger partial charge in [-0.1, -0.05) is 12.1 Å². The SMILES string of the molecule is Cc1cc(C)n(-c2cc(N3CCN(C(=O)c4ccccc4[N+](=O)[O-])CC3)ncn2)n1. The molecule has 1 aliphatic heterocycles. The molecular weight excluding hydrogens is 386 g/mol. The monoisotopic (exact) mass is 407 g/mol. The molecule has 0 aliphatic carbocycles. The maximum Gasteiger partial charge on any atom is 0.282 e. The van der Waals surface area contributed by atoms with Crippen LogP contribution in [0, 0.1) is 24.0 Å². The number of aryl methyl sites for hydroxylation is 2. The van der Waals surface area contributed by atoms with Crippen LogP contribution in [-0.4, -0.2) is 61.7 Å². The number of carbonyl (C=O) groups excluding carboxylic acids is 1. The summed E-state index contributed by atoms with van der Waals surface area (Å²) in [5, 5.41) is 15.7. The molecule has 0 radical (unpaired) electrons. The van der Waals surface area contributed by atoms with Gasteiger partial charge in [0.1, 0.15) is 17.7 Å². The summed E-state index contributed by atoms with van der Waals surface area (Å²) in [5.74, 6) is 1.11. The average Bonchev–Trinajstić information content (AvgIpc) is 3.11. The molecule has 154 valence electrons. The molecule has 4 rings (SSSR count). The molecule has 0 spiro atoms. The average molecular weight is 407 g/mol. The van der Waals surface area contributed by atoms with E-state index in [1.807, 2.05) is 26.0 Å². The highest BCUT2D eigenvalue weighted by molar-refractivity contribution is 5.98. The Morgan fingerprint density at radius 1 is 1.03 bits per heavy atom. The fourth-order valence-electron chi connectivity index (χ4n) is 3.61. The Hall–Kier alpha value is -3.82. The van der Waals surface area contributed by atoms with Crippen LogP contribution in [-0.2, 0) is 0 Å². The van der Waals surface area contributed by atoms with Crippen LogP contribution in [0.2, 0.25) is 0 Å². The Bertz CT molecular complexity index is 1100. The molecule has 2 aromatic heterocycles. The molecule has 0 bridgehead atoms. The molecule has 10 nitrogen and oxygen atoms in total. The van der Waals surface area contributed by atoms with Crippen LogP contribution in [0.25, 0.3) is 5.82 Å². The molecular formula is C20H21N7O3. The third-order valence-corrected chi connectivity index (χ3v) is 5.09. The molecule has 3 aromatic rings. The molecule has 0 N–H and O–H groups in total. The Balaban J connectivity index is 1.48. The van der Waals surface area contributed by atoms with Crippen molar-refractivity contribution in [1.82, 2.24) is 24.6 Å². The van der Waals surface area contributed by atoms with Crippen molar-refractivity contribution in [2.24, 2.45) is 0 Å². The summed E-state index contributed by atoms with van der Waals surface area (Å²) in [7, 11) is 0. The molecule has 3 heterocycles. The first-order valence-electron chi connectivity index (χ1n) is 9.57. The zero-order chi connectivity index (χ0) is 21.3. The number of amides is 1. The molecule has 1 amide bonds. The highest BCUT2D eigenvalue weighted by Gasteiger charge is 2.27. The zero-order valence-corrected chi connectivity index (χ0v) is 16.7. The van der Waals surface area contributed by atoms with Gasteiger partial charge in [0.05, 0.1) is 10.6 Å². The lowest BCUT2D eigenvalue weighted by atomic mass is 10.1. The molecule has 1 fully saturated rings. The predicted octanol–water partition coefficient (Wildman–Crippen LogP) is 2.15. The van der Waals surface area contributed by atoms with Gasteiger partial charge in [0, 0.05) is 44.0 Å². The summed E-state index contributed by atoms with van der Waals surface area (Å²) in [6.45, 7) is 5.93. The Morgan fingerprint density at radius 3 is 2.40 bits per heavy atom. The Labute approximate surface area is 172 Å². The van der Waals surface area contributed by atoms with Gasteiger partial charge < -0.3 is 9.80 Å². The summed E-state index contributed by atoms with van der Waals surface area (Å²) in [5.41, 5.74) is 1.84. The molecule has 0 atom stereocenters. The van der Waals surface area contributed by atoms with E-state index in [9.17, 15) is 14.9 Å². The third kappa shape index (κ3) is 3.71. The first-order valence-corrected chi connectivity index (χ1v) is 9.57. The summed E-state index contributed by atoms with van der Waals surface area (Å²) in [6, 6.07) is 9.90. The van der Waals surface area contributed by atoms with Gasteiger partial charge in [-0.3, -0.25) is 14.9 Å². The summed E-state index contributed by atoms with van der Waals surface area (Å²) in [4.78, 5) is 35.9. The maximum atomic E-state index is 12.8. The van der Waals surface area contributed by atoms with Crippen molar-refractivity contribution < 1.29 is 9.72 Å². The Kier molecular flexibility index (Phi) is 5.13. The number of piperazine rings is 1. The summed E-state index contributed by atoms with van der Waals surface area (Å²) < 4.78 is 1.77. The highest BCUT2D eigenvalue weighted by atomic mass is 16.6. The van der Waals surface area contributed by atoms with Gasteiger partial charge in [-0.15, -0.1) is 0 Å². The van der Waals surface area contributed by atoms with Gasteiger partial charge in [-0.25, -0.2) is 14.6 Å².